The maximum Gasteiger partial charge on any atom is 0.293 e. The number of carbonyl (C=O) groups is 1. The molecule has 0 N–H and O–H groups in total. The maximum absolute atomic E-state index is 11.1. The van der Waals surface area contributed by atoms with Crippen molar-refractivity contribution in [1.82, 2.24) is 0 Å². The summed E-state index contributed by atoms with van der Waals surface area (Å²) >= 11 is 0. The minimum atomic E-state index is -0.423. The summed E-state index contributed by atoms with van der Waals surface area (Å²) in [7, 11) is 1.89. The molecule has 0 bridgehead atoms. The molecule has 0 amide bonds. The Kier molecular flexibility index (Phi) is 3.60. The standard InChI is InChI=1S/C13H16N2O3/c1-14(11-4-2-3-5-11)12-7-6-10(9-16)8-13(12)15(17)18/h6-9,11H,2-5H2,1H3. The van der Waals surface area contributed by atoms with Gasteiger partial charge in [0.1, 0.15) is 12.0 Å². The molecular formula is C13H16N2O3. The number of nitrogens with zero attached hydrogens (tertiary/aromatic N) is 2. The zero-order valence-corrected chi connectivity index (χ0v) is 10.3. The second kappa shape index (κ2) is 5.16. The SMILES string of the molecule is CN(c1ccc(C=O)cc1[N+](=O)[O-])C1CCCC1. The summed E-state index contributed by atoms with van der Waals surface area (Å²) in [4.78, 5) is 23.3. The highest BCUT2D eigenvalue weighted by atomic mass is 16.6. The second-order valence-corrected chi connectivity index (χ2v) is 4.67. The molecule has 1 fully saturated rings. The van der Waals surface area contributed by atoms with Gasteiger partial charge in [-0.05, 0) is 25.0 Å². The van der Waals surface area contributed by atoms with Gasteiger partial charge in [-0.15, -0.1) is 0 Å². The third kappa shape index (κ3) is 2.34. The number of rotatable bonds is 4. The van der Waals surface area contributed by atoms with Crippen molar-refractivity contribution in [2.45, 2.75) is 31.7 Å². The van der Waals surface area contributed by atoms with E-state index in [1.807, 2.05) is 11.9 Å². The fourth-order valence-corrected chi connectivity index (χ4v) is 2.55. The highest BCUT2D eigenvalue weighted by Gasteiger charge is 2.25. The smallest absolute Gasteiger partial charge is 0.293 e. The average Bonchev–Trinajstić information content (AvgIpc) is 2.91. The van der Waals surface area contributed by atoms with Crippen molar-refractivity contribution in [1.29, 1.82) is 0 Å². The van der Waals surface area contributed by atoms with Crippen LogP contribution < -0.4 is 4.90 Å². The average molecular weight is 248 g/mol. The molecule has 0 aliphatic heterocycles. The van der Waals surface area contributed by atoms with Crippen molar-refractivity contribution in [2.24, 2.45) is 0 Å². The number of hydrogen-bond acceptors (Lipinski definition) is 4. The fraction of sp³-hybridized carbons (Fsp3) is 0.462. The lowest BCUT2D eigenvalue weighted by Gasteiger charge is -2.26. The molecule has 18 heavy (non-hydrogen) atoms. The number of nitro groups is 1. The van der Waals surface area contributed by atoms with E-state index in [4.69, 9.17) is 0 Å². The predicted octanol–water partition coefficient (Wildman–Crippen LogP) is 2.79. The van der Waals surface area contributed by atoms with Crippen molar-refractivity contribution in [3.05, 3.63) is 33.9 Å². The Morgan fingerprint density at radius 1 is 1.39 bits per heavy atom. The Labute approximate surface area is 106 Å². The van der Waals surface area contributed by atoms with E-state index in [1.54, 1.807) is 12.1 Å². The predicted molar refractivity (Wildman–Crippen MR) is 69.1 cm³/mol. The molecule has 1 aliphatic carbocycles. The molecule has 5 heteroatoms. The number of carbonyl (C=O) groups excluding carboxylic acids is 1. The minimum absolute atomic E-state index is 0.00833. The van der Waals surface area contributed by atoms with Crippen LogP contribution >= 0.6 is 0 Å². The number of nitro benzene ring substituents is 1. The third-order valence-corrected chi connectivity index (χ3v) is 3.58. The Morgan fingerprint density at radius 3 is 2.61 bits per heavy atom. The van der Waals surface area contributed by atoms with E-state index in [-0.39, 0.29) is 5.69 Å². The van der Waals surface area contributed by atoms with Crippen LogP contribution in [0.4, 0.5) is 11.4 Å². The van der Waals surface area contributed by atoms with Crippen molar-refractivity contribution in [2.75, 3.05) is 11.9 Å². The number of aldehydes is 1. The van der Waals surface area contributed by atoms with E-state index in [0.29, 0.717) is 23.6 Å². The van der Waals surface area contributed by atoms with Crippen LogP contribution in [-0.2, 0) is 0 Å². The quantitative estimate of drug-likeness (QED) is 0.467. The van der Waals surface area contributed by atoms with E-state index < -0.39 is 4.92 Å². The van der Waals surface area contributed by atoms with Gasteiger partial charge in [0.2, 0.25) is 0 Å². The van der Waals surface area contributed by atoms with Gasteiger partial charge in [0.25, 0.3) is 5.69 Å². The summed E-state index contributed by atoms with van der Waals surface area (Å²) in [6.07, 6.45) is 5.13. The fourth-order valence-electron chi connectivity index (χ4n) is 2.55. The van der Waals surface area contributed by atoms with Crippen molar-refractivity contribution in [3.63, 3.8) is 0 Å². The monoisotopic (exact) mass is 248 g/mol. The number of hydrogen-bond donors (Lipinski definition) is 0. The maximum atomic E-state index is 11.1. The molecule has 96 valence electrons. The largest absolute Gasteiger partial charge is 0.366 e. The summed E-state index contributed by atoms with van der Waals surface area (Å²) in [5, 5.41) is 11.1. The van der Waals surface area contributed by atoms with E-state index in [2.05, 4.69) is 0 Å². The molecule has 0 unspecified atom stereocenters. The van der Waals surface area contributed by atoms with E-state index >= 15 is 0 Å². The molecule has 1 aliphatic rings. The van der Waals surface area contributed by atoms with E-state index in [1.165, 1.54) is 18.9 Å². The van der Waals surface area contributed by atoms with E-state index in [0.717, 1.165) is 12.8 Å². The Morgan fingerprint density at radius 2 is 2.06 bits per heavy atom. The van der Waals surface area contributed by atoms with Crippen LogP contribution in [0.5, 0.6) is 0 Å². The van der Waals surface area contributed by atoms with Crippen molar-refractivity contribution in [3.8, 4) is 0 Å². The van der Waals surface area contributed by atoms with Crippen LogP contribution in [0.25, 0.3) is 0 Å². The van der Waals surface area contributed by atoms with Gasteiger partial charge < -0.3 is 4.90 Å². The molecular weight excluding hydrogens is 232 g/mol. The lowest BCUT2D eigenvalue weighted by Crippen LogP contribution is -2.29. The van der Waals surface area contributed by atoms with Gasteiger partial charge in [0.05, 0.1) is 4.92 Å². The van der Waals surface area contributed by atoms with Crippen LogP contribution in [0.2, 0.25) is 0 Å². The first kappa shape index (κ1) is 12.5. The summed E-state index contributed by atoms with van der Waals surface area (Å²) in [6, 6.07) is 5.00. The normalized spacial score (nSPS) is 15.6. The minimum Gasteiger partial charge on any atom is -0.366 e. The molecule has 1 aromatic rings. The summed E-state index contributed by atoms with van der Waals surface area (Å²) in [6.45, 7) is 0. The summed E-state index contributed by atoms with van der Waals surface area (Å²) in [5.74, 6) is 0. The molecule has 0 aromatic heterocycles. The molecule has 0 atom stereocenters. The highest BCUT2D eigenvalue weighted by molar-refractivity contribution is 5.79. The van der Waals surface area contributed by atoms with Crippen LogP contribution in [0.15, 0.2) is 18.2 Å². The molecule has 2 rings (SSSR count). The first-order chi connectivity index (χ1) is 8.63. The highest BCUT2D eigenvalue weighted by Crippen LogP contribution is 2.33. The number of benzene rings is 1. The van der Waals surface area contributed by atoms with Gasteiger partial charge in [0, 0.05) is 24.7 Å². The van der Waals surface area contributed by atoms with Crippen LogP contribution in [0.1, 0.15) is 36.0 Å². The first-order valence-electron chi connectivity index (χ1n) is 6.10. The molecule has 5 nitrogen and oxygen atoms in total. The summed E-state index contributed by atoms with van der Waals surface area (Å²) < 4.78 is 0. The zero-order valence-electron chi connectivity index (χ0n) is 10.3. The molecule has 1 saturated carbocycles. The van der Waals surface area contributed by atoms with E-state index in [9.17, 15) is 14.9 Å². The summed E-state index contributed by atoms with van der Waals surface area (Å²) in [5.41, 5.74) is 0.941. The molecule has 0 radical (unpaired) electrons. The van der Waals surface area contributed by atoms with Gasteiger partial charge >= 0.3 is 0 Å². The molecule has 0 heterocycles. The topological polar surface area (TPSA) is 63.5 Å². The van der Waals surface area contributed by atoms with Gasteiger partial charge in [-0.1, -0.05) is 12.8 Å². The molecule has 0 saturated heterocycles. The van der Waals surface area contributed by atoms with Gasteiger partial charge in [-0.25, -0.2) is 0 Å². The van der Waals surface area contributed by atoms with Gasteiger partial charge in [-0.2, -0.15) is 0 Å². The van der Waals surface area contributed by atoms with Crippen LogP contribution in [0, 0.1) is 10.1 Å². The Balaban J connectivity index is 2.36. The van der Waals surface area contributed by atoms with Crippen molar-refractivity contribution >= 4 is 17.7 Å². The third-order valence-electron chi connectivity index (χ3n) is 3.58. The first-order valence-corrected chi connectivity index (χ1v) is 6.10. The number of anilines is 1. The van der Waals surface area contributed by atoms with Crippen molar-refractivity contribution < 1.29 is 9.72 Å². The van der Waals surface area contributed by atoms with Gasteiger partial charge in [0.15, 0.2) is 0 Å². The van der Waals surface area contributed by atoms with Crippen LogP contribution in [0.3, 0.4) is 0 Å². The molecule has 0 spiro atoms. The Hall–Kier alpha value is -1.91. The van der Waals surface area contributed by atoms with Gasteiger partial charge in [-0.3, -0.25) is 14.9 Å². The Bertz CT molecular complexity index is 467. The lowest BCUT2D eigenvalue weighted by molar-refractivity contribution is -0.384. The molecule has 1 aromatic carbocycles. The second-order valence-electron chi connectivity index (χ2n) is 4.67. The van der Waals surface area contributed by atoms with Crippen LogP contribution in [-0.4, -0.2) is 24.3 Å². The lowest BCUT2D eigenvalue weighted by atomic mass is 10.1. The zero-order chi connectivity index (χ0) is 13.1.